The van der Waals surface area contributed by atoms with E-state index in [1.807, 2.05) is 6.07 Å². The number of carbonyl (C=O) groups is 1. The van der Waals surface area contributed by atoms with E-state index in [1.54, 1.807) is 0 Å². The number of nitrogens with zero attached hydrogens (tertiary/aromatic N) is 2. The topological polar surface area (TPSA) is 116 Å². The maximum Gasteiger partial charge on any atom is 0.324 e. The average Bonchev–Trinajstić information content (AvgIpc) is 2.45. The van der Waals surface area contributed by atoms with E-state index < -0.39 is 6.03 Å². The Balaban J connectivity index is 2.56. The Morgan fingerprint density at radius 3 is 2.43 bits per heavy atom. The Kier molecular flexibility index (Phi) is 3.87. The zero-order valence-electron chi connectivity index (χ0n) is 10.7. The van der Waals surface area contributed by atoms with Crippen molar-refractivity contribution in [3.63, 3.8) is 0 Å². The lowest BCUT2D eigenvalue weighted by molar-refractivity contribution is 0.256. The van der Waals surface area contributed by atoms with Gasteiger partial charge < -0.3 is 16.6 Å². The van der Waals surface area contributed by atoms with Crippen molar-refractivity contribution in [3.05, 3.63) is 47.0 Å². The average molecular weight is 303 g/mol. The zero-order valence-corrected chi connectivity index (χ0v) is 11.5. The minimum atomic E-state index is -0.809. The highest BCUT2D eigenvalue weighted by Gasteiger charge is 2.20. The quantitative estimate of drug-likeness (QED) is 0.739. The Labute approximate surface area is 125 Å². The number of aromatic hydroxyl groups is 1. The van der Waals surface area contributed by atoms with E-state index in [9.17, 15) is 9.90 Å². The lowest BCUT2D eigenvalue weighted by Crippen LogP contribution is -2.31. The van der Waals surface area contributed by atoms with E-state index in [1.165, 1.54) is 36.4 Å². The van der Waals surface area contributed by atoms with Gasteiger partial charge in [0, 0.05) is 6.07 Å². The van der Waals surface area contributed by atoms with Crippen molar-refractivity contribution in [3.8, 4) is 11.8 Å². The number of benzene rings is 2. The number of primary amides is 1. The maximum atomic E-state index is 11.7. The van der Waals surface area contributed by atoms with Gasteiger partial charge in [-0.25, -0.2) is 4.79 Å². The number of nitrogen functional groups attached to an aromatic ring is 1. The van der Waals surface area contributed by atoms with Crippen LogP contribution in [-0.2, 0) is 0 Å². The molecule has 0 radical (unpaired) electrons. The summed E-state index contributed by atoms with van der Waals surface area (Å²) < 4.78 is 0. The number of carbonyl (C=O) groups excluding carboxylic acids is 1. The smallest absolute Gasteiger partial charge is 0.324 e. The Hall–Kier alpha value is -2.91. The number of phenolic OH excluding ortho intramolecular Hbond substituents is 1. The van der Waals surface area contributed by atoms with Gasteiger partial charge in [0.05, 0.1) is 33.7 Å². The third-order valence-corrected chi connectivity index (χ3v) is 3.14. The number of rotatable bonds is 2. The van der Waals surface area contributed by atoms with E-state index in [2.05, 4.69) is 0 Å². The van der Waals surface area contributed by atoms with Gasteiger partial charge in [-0.15, -0.1) is 0 Å². The molecule has 106 valence electrons. The minimum Gasteiger partial charge on any atom is -0.506 e. The van der Waals surface area contributed by atoms with Gasteiger partial charge in [0.1, 0.15) is 5.75 Å². The summed E-state index contributed by atoms with van der Waals surface area (Å²) >= 11 is 5.91. The van der Waals surface area contributed by atoms with Crippen molar-refractivity contribution < 1.29 is 9.90 Å². The van der Waals surface area contributed by atoms with Crippen LogP contribution in [0.25, 0.3) is 0 Å². The van der Waals surface area contributed by atoms with Crippen molar-refractivity contribution in [1.29, 1.82) is 5.26 Å². The second-order valence-electron chi connectivity index (χ2n) is 4.19. The third kappa shape index (κ3) is 2.83. The van der Waals surface area contributed by atoms with Gasteiger partial charge in [0.2, 0.25) is 0 Å². The highest BCUT2D eigenvalue weighted by atomic mass is 35.5. The standard InChI is InChI=1S/C14H11ClN4O2/c15-10-5-12(13(20)6-11(10)17)19(14(18)21)9-3-1-8(7-16)2-4-9/h1-6,20H,17H2,(H2,18,21). The highest BCUT2D eigenvalue weighted by molar-refractivity contribution is 6.33. The molecule has 0 saturated carbocycles. The van der Waals surface area contributed by atoms with Crippen LogP contribution in [0.1, 0.15) is 5.56 Å². The second-order valence-corrected chi connectivity index (χ2v) is 4.60. The number of hydrogen-bond acceptors (Lipinski definition) is 4. The number of hydrogen-bond donors (Lipinski definition) is 3. The fourth-order valence-electron chi connectivity index (χ4n) is 1.82. The summed E-state index contributed by atoms with van der Waals surface area (Å²) in [5, 5.41) is 18.9. The first-order valence-electron chi connectivity index (χ1n) is 5.81. The molecule has 6 nitrogen and oxygen atoms in total. The summed E-state index contributed by atoms with van der Waals surface area (Å²) in [5.74, 6) is -0.236. The molecule has 0 aliphatic carbocycles. The molecule has 0 atom stereocenters. The van der Waals surface area contributed by atoms with Crippen LogP contribution in [-0.4, -0.2) is 11.1 Å². The van der Waals surface area contributed by atoms with E-state index >= 15 is 0 Å². The van der Waals surface area contributed by atoms with Crippen LogP contribution in [0, 0.1) is 11.3 Å². The van der Waals surface area contributed by atoms with Crippen LogP contribution < -0.4 is 16.4 Å². The van der Waals surface area contributed by atoms with Crippen LogP contribution >= 0.6 is 11.6 Å². The van der Waals surface area contributed by atoms with Gasteiger partial charge in [0.15, 0.2) is 0 Å². The lowest BCUT2D eigenvalue weighted by Gasteiger charge is -2.22. The van der Waals surface area contributed by atoms with E-state index in [0.29, 0.717) is 11.3 Å². The van der Waals surface area contributed by atoms with Crippen LogP contribution in [0.15, 0.2) is 36.4 Å². The molecule has 2 aromatic rings. The molecule has 0 spiro atoms. The van der Waals surface area contributed by atoms with E-state index in [-0.39, 0.29) is 22.1 Å². The van der Waals surface area contributed by atoms with Crippen molar-refractivity contribution >= 4 is 34.7 Å². The van der Waals surface area contributed by atoms with E-state index in [4.69, 9.17) is 28.3 Å². The van der Waals surface area contributed by atoms with Crippen LogP contribution in [0.2, 0.25) is 5.02 Å². The molecule has 2 amide bonds. The predicted octanol–water partition coefficient (Wildman–Crippen LogP) is 2.72. The highest BCUT2D eigenvalue weighted by Crippen LogP contribution is 2.38. The van der Waals surface area contributed by atoms with Crippen LogP contribution in [0.5, 0.6) is 5.75 Å². The molecule has 0 bridgehead atoms. The van der Waals surface area contributed by atoms with Gasteiger partial charge in [-0.1, -0.05) is 11.6 Å². The first-order chi connectivity index (χ1) is 9.93. The van der Waals surface area contributed by atoms with Gasteiger partial charge in [-0.2, -0.15) is 5.26 Å². The normalized spacial score (nSPS) is 9.90. The second kappa shape index (κ2) is 5.61. The Bertz CT molecular complexity index is 738. The number of nitrogens with two attached hydrogens (primary N) is 2. The summed E-state index contributed by atoms with van der Waals surface area (Å²) in [4.78, 5) is 12.8. The van der Waals surface area contributed by atoms with Crippen molar-refractivity contribution in [1.82, 2.24) is 0 Å². The summed E-state index contributed by atoms with van der Waals surface area (Å²) in [6.45, 7) is 0. The summed E-state index contributed by atoms with van der Waals surface area (Å²) in [6.07, 6.45) is 0. The number of anilines is 3. The molecule has 0 fully saturated rings. The molecule has 0 heterocycles. The molecule has 0 aliphatic heterocycles. The lowest BCUT2D eigenvalue weighted by atomic mass is 10.2. The number of amides is 2. The van der Waals surface area contributed by atoms with Gasteiger partial charge in [0.25, 0.3) is 0 Å². The molecule has 21 heavy (non-hydrogen) atoms. The molecule has 0 aromatic heterocycles. The molecule has 0 aliphatic rings. The molecule has 7 heteroatoms. The molecule has 0 saturated heterocycles. The maximum absolute atomic E-state index is 11.7. The molecule has 5 N–H and O–H groups in total. The summed E-state index contributed by atoms with van der Waals surface area (Å²) in [6, 6.07) is 9.86. The van der Waals surface area contributed by atoms with Crippen molar-refractivity contribution in [2.24, 2.45) is 5.73 Å². The fourth-order valence-corrected chi connectivity index (χ4v) is 1.97. The number of halogens is 1. The Morgan fingerprint density at radius 2 is 1.90 bits per heavy atom. The SMILES string of the molecule is N#Cc1ccc(N(C(N)=O)c2cc(Cl)c(N)cc2O)cc1. The summed E-state index contributed by atoms with van der Waals surface area (Å²) in [5.41, 5.74) is 12.1. The largest absolute Gasteiger partial charge is 0.506 e. The minimum absolute atomic E-state index is 0.103. The van der Waals surface area contributed by atoms with Crippen LogP contribution in [0.4, 0.5) is 21.9 Å². The molecule has 0 unspecified atom stereocenters. The summed E-state index contributed by atoms with van der Waals surface area (Å²) in [7, 11) is 0. The fraction of sp³-hybridized carbons (Fsp3) is 0. The Morgan fingerprint density at radius 1 is 1.29 bits per heavy atom. The predicted molar refractivity (Wildman–Crippen MR) is 80.4 cm³/mol. The number of phenols is 1. The zero-order chi connectivity index (χ0) is 15.6. The third-order valence-electron chi connectivity index (χ3n) is 2.81. The monoisotopic (exact) mass is 302 g/mol. The number of nitriles is 1. The molecule has 2 rings (SSSR count). The first kappa shape index (κ1) is 14.5. The van der Waals surface area contributed by atoms with Gasteiger partial charge in [-0.05, 0) is 30.3 Å². The molecular weight excluding hydrogens is 292 g/mol. The molecule has 2 aromatic carbocycles. The van der Waals surface area contributed by atoms with Crippen LogP contribution in [0.3, 0.4) is 0 Å². The molecular formula is C14H11ClN4O2. The van der Waals surface area contributed by atoms with Crippen molar-refractivity contribution in [2.75, 3.05) is 10.6 Å². The number of urea groups is 1. The van der Waals surface area contributed by atoms with Crippen molar-refractivity contribution in [2.45, 2.75) is 0 Å². The van der Waals surface area contributed by atoms with E-state index in [0.717, 1.165) is 4.90 Å². The van der Waals surface area contributed by atoms with Gasteiger partial charge >= 0.3 is 6.03 Å². The first-order valence-corrected chi connectivity index (χ1v) is 6.19. The van der Waals surface area contributed by atoms with Gasteiger partial charge in [-0.3, -0.25) is 4.90 Å².